The smallest absolute Gasteiger partial charge is 0.164 e. The topological polar surface area (TPSA) is 17.1 Å². The third-order valence-electron chi connectivity index (χ3n) is 2.46. The van der Waals surface area contributed by atoms with Gasteiger partial charge in [-0.05, 0) is 24.3 Å². The van der Waals surface area contributed by atoms with Crippen LogP contribution >= 0.6 is 0 Å². The van der Waals surface area contributed by atoms with Crippen LogP contribution in [0.2, 0.25) is 0 Å². The van der Waals surface area contributed by atoms with E-state index in [9.17, 15) is 4.79 Å². The first-order chi connectivity index (χ1) is 5.43. The molecule has 0 atom stereocenters. The standard InChI is InChI=1S/C11H18O/c1-8(2)7-9-5-6-11(3,4)10(9)12/h7-8H,5-6H2,1-4H3/b9-7+. The van der Waals surface area contributed by atoms with Gasteiger partial charge in [0.1, 0.15) is 0 Å². The zero-order chi connectivity index (χ0) is 9.35. The van der Waals surface area contributed by atoms with Gasteiger partial charge in [-0.1, -0.05) is 33.8 Å². The number of rotatable bonds is 1. The Kier molecular flexibility index (Phi) is 2.41. The minimum atomic E-state index is -0.0965. The maximum absolute atomic E-state index is 11.7. The Labute approximate surface area is 74.9 Å². The van der Waals surface area contributed by atoms with E-state index in [1.807, 2.05) is 13.8 Å². The molecule has 0 aliphatic heterocycles. The first-order valence-corrected chi connectivity index (χ1v) is 4.69. The van der Waals surface area contributed by atoms with Gasteiger partial charge in [0.2, 0.25) is 0 Å². The van der Waals surface area contributed by atoms with Gasteiger partial charge < -0.3 is 0 Å². The number of carbonyl (C=O) groups is 1. The highest BCUT2D eigenvalue weighted by molar-refractivity contribution is 6.01. The minimum Gasteiger partial charge on any atom is -0.294 e. The lowest BCUT2D eigenvalue weighted by Gasteiger charge is -2.12. The summed E-state index contributed by atoms with van der Waals surface area (Å²) in [5.74, 6) is 0.856. The monoisotopic (exact) mass is 166 g/mol. The third-order valence-corrected chi connectivity index (χ3v) is 2.46. The molecule has 1 heteroatoms. The van der Waals surface area contributed by atoms with Crippen LogP contribution in [0.3, 0.4) is 0 Å². The van der Waals surface area contributed by atoms with E-state index in [1.165, 1.54) is 0 Å². The van der Waals surface area contributed by atoms with E-state index in [2.05, 4.69) is 19.9 Å². The Balaban J connectivity index is 2.81. The lowest BCUT2D eigenvalue weighted by atomic mass is 9.90. The summed E-state index contributed by atoms with van der Waals surface area (Å²) in [7, 11) is 0. The Morgan fingerprint density at radius 2 is 2.00 bits per heavy atom. The summed E-state index contributed by atoms with van der Waals surface area (Å²) in [5, 5.41) is 0. The Bertz CT molecular complexity index is 221. The van der Waals surface area contributed by atoms with Crippen molar-refractivity contribution in [2.45, 2.75) is 40.5 Å². The Morgan fingerprint density at radius 3 is 2.33 bits per heavy atom. The maximum atomic E-state index is 11.7. The molecule has 1 fully saturated rings. The molecule has 0 bridgehead atoms. The van der Waals surface area contributed by atoms with Crippen molar-refractivity contribution in [3.8, 4) is 0 Å². The number of ketones is 1. The van der Waals surface area contributed by atoms with E-state index >= 15 is 0 Å². The molecule has 0 aromatic heterocycles. The highest BCUT2D eigenvalue weighted by Gasteiger charge is 2.36. The summed E-state index contributed by atoms with van der Waals surface area (Å²) in [6.45, 7) is 8.31. The molecule has 0 aromatic rings. The molecule has 0 radical (unpaired) electrons. The second kappa shape index (κ2) is 3.04. The van der Waals surface area contributed by atoms with Crippen LogP contribution in [0.25, 0.3) is 0 Å². The maximum Gasteiger partial charge on any atom is 0.164 e. The van der Waals surface area contributed by atoms with Gasteiger partial charge in [-0.25, -0.2) is 0 Å². The summed E-state index contributed by atoms with van der Waals surface area (Å²) in [6.07, 6.45) is 4.10. The lowest BCUT2D eigenvalue weighted by Crippen LogP contribution is -2.17. The third kappa shape index (κ3) is 1.77. The second-order valence-corrected chi connectivity index (χ2v) is 4.65. The van der Waals surface area contributed by atoms with E-state index in [-0.39, 0.29) is 5.41 Å². The van der Waals surface area contributed by atoms with E-state index in [4.69, 9.17) is 0 Å². The number of hydrogen-bond donors (Lipinski definition) is 0. The number of carbonyl (C=O) groups excluding carboxylic acids is 1. The van der Waals surface area contributed by atoms with E-state index in [0.717, 1.165) is 18.4 Å². The summed E-state index contributed by atoms with van der Waals surface area (Å²) in [5.41, 5.74) is 0.954. The molecule has 68 valence electrons. The molecule has 1 rings (SSSR count). The average molecular weight is 166 g/mol. The van der Waals surface area contributed by atoms with Crippen molar-refractivity contribution < 1.29 is 4.79 Å². The molecule has 0 heterocycles. The van der Waals surface area contributed by atoms with Crippen molar-refractivity contribution in [2.24, 2.45) is 11.3 Å². The molecule has 0 spiro atoms. The van der Waals surface area contributed by atoms with Gasteiger partial charge in [-0.2, -0.15) is 0 Å². The molecule has 0 saturated heterocycles. The summed E-state index contributed by atoms with van der Waals surface area (Å²) < 4.78 is 0. The van der Waals surface area contributed by atoms with Crippen molar-refractivity contribution in [3.63, 3.8) is 0 Å². The van der Waals surface area contributed by atoms with Gasteiger partial charge in [-0.3, -0.25) is 4.79 Å². The molecule has 1 aliphatic rings. The first-order valence-electron chi connectivity index (χ1n) is 4.69. The quantitative estimate of drug-likeness (QED) is 0.547. The van der Waals surface area contributed by atoms with E-state index in [0.29, 0.717) is 11.7 Å². The van der Waals surface area contributed by atoms with Crippen LogP contribution in [-0.2, 0) is 4.79 Å². The molecular weight excluding hydrogens is 148 g/mol. The van der Waals surface area contributed by atoms with Crippen LogP contribution in [0.15, 0.2) is 11.6 Å². The van der Waals surface area contributed by atoms with E-state index in [1.54, 1.807) is 0 Å². The molecule has 1 aliphatic carbocycles. The molecule has 12 heavy (non-hydrogen) atoms. The number of hydrogen-bond acceptors (Lipinski definition) is 1. The average Bonchev–Trinajstić information content (AvgIpc) is 2.15. The van der Waals surface area contributed by atoms with Crippen molar-refractivity contribution in [3.05, 3.63) is 11.6 Å². The molecular formula is C11H18O. The lowest BCUT2D eigenvalue weighted by molar-refractivity contribution is -0.121. The van der Waals surface area contributed by atoms with Crippen LogP contribution in [0, 0.1) is 11.3 Å². The highest BCUT2D eigenvalue weighted by atomic mass is 16.1. The fourth-order valence-electron chi connectivity index (χ4n) is 1.67. The van der Waals surface area contributed by atoms with Crippen LogP contribution in [0.4, 0.5) is 0 Å². The molecule has 1 nitrogen and oxygen atoms in total. The first kappa shape index (κ1) is 9.50. The normalized spacial score (nSPS) is 25.8. The van der Waals surface area contributed by atoms with Gasteiger partial charge >= 0.3 is 0 Å². The Morgan fingerprint density at radius 1 is 1.42 bits per heavy atom. The van der Waals surface area contributed by atoms with Gasteiger partial charge in [0, 0.05) is 5.41 Å². The summed E-state index contributed by atoms with van der Waals surface area (Å²) in [4.78, 5) is 11.7. The number of Topliss-reactive ketones (excluding diaryl/α,β-unsaturated/α-hetero) is 1. The van der Waals surface area contributed by atoms with Crippen molar-refractivity contribution in [1.29, 1.82) is 0 Å². The predicted octanol–water partition coefficient (Wildman–Crippen LogP) is 2.96. The van der Waals surface area contributed by atoms with Gasteiger partial charge in [-0.15, -0.1) is 0 Å². The zero-order valence-corrected chi connectivity index (χ0v) is 8.48. The molecule has 0 unspecified atom stereocenters. The Hall–Kier alpha value is -0.590. The van der Waals surface area contributed by atoms with Gasteiger partial charge in [0.25, 0.3) is 0 Å². The molecule has 0 amide bonds. The van der Waals surface area contributed by atoms with Crippen molar-refractivity contribution in [2.75, 3.05) is 0 Å². The van der Waals surface area contributed by atoms with Crippen molar-refractivity contribution >= 4 is 5.78 Å². The molecule has 0 aromatic carbocycles. The van der Waals surface area contributed by atoms with Crippen LogP contribution in [-0.4, -0.2) is 5.78 Å². The highest BCUT2D eigenvalue weighted by Crippen LogP contribution is 2.37. The fourth-order valence-corrected chi connectivity index (χ4v) is 1.67. The summed E-state index contributed by atoms with van der Waals surface area (Å²) >= 11 is 0. The fraction of sp³-hybridized carbons (Fsp3) is 0.727. The van der Waals surface area contributed by atoms with E-state index < -0.39 is 0 Å². The van der Waals surface area contributed by atoms with Crippen LogP contribution in [0.5, 0.6) is 0 Å². The predicted molar refractivity (Wildman–Crippen MR) is 50.9 cm³/mol. The summed E-state index contributed by atoms with van der Waals surface area (Å²) in [6, 6.07) is 0. The second-order valence-electron chi connectivity index (χ2n) is 4.65. The van der Waals surface area contributed by atoms with Crippen LogP contribution in [0.1, 0.15) is 40.5 Å². The van der Waals surface area contributed by atoms with Gasteiger partial charge in [0.05, 0.1) is 0 Å². The van der Waals surface area contributed by atoms with Crippen molar-refractivity contribution in [1.82, 2.24) is 0 Å². The SMILES string of the molecule is CC(C)/C=C1\CCC(C)(C)C1=O. The molecule has 0 N–H and O–H groups in total. The molecule has 1 saturated carbocycles. The number of allylic oxidation sites excluding steroid dienone is 2. The largest absolute Gasteiger partial charge is 0.294 e. The van der Waals surface area contributed by atoms with Gasteiger partial charge in [0.15, 0.2) is 5.78 Å². The van der Waals surface area contributed by atoms with Crippen LogP contribution < -0.4 is 0 Å². The zero-order valence-electron chi connectivity index (χ0n) is 8.48. The minimum absolute atomic E-state index is 0.0965.